The molecule has 1 aliphatic rings. The lowest BCUT2D eigenvalue weighted by Crippen LogP contribution is -2.41. The first-order chi connectivity index (χ1) is 8.72. The molecule has 4 nitrogen and oxygen atoms in total. The number of hydrogen-bond acceptors (Lipinski definition) is 2. The third-order valence-electron chi connectivity index (χ3n) is 3.68. The van der Waals surface area contributed by atoms with Gasteiger partial charge in [-0.25, -0.2) is 0 Å². The van der Waals surface area contributed by atoms with Crippen LogP contribution in [0.4, 0.5) is 0 Å². The zero-order chi connectivity index (χ0) is 13.4. The Morgan fingerprint density at radius 3 is 2.33 bits per heavy atom. The third-order valence-corrected chi connectivity index (χ3v) is 3.68. The molecule has 0 radical (unpaired) electrons. The van der Waals surface area contributed by atoms with Crippen molar-refractivity contribution in [1.82, 2.24) is 15.1 Å². The number of likely N-dealkylation sites (tertiary alicyclic amines) is 1. The van der Waals surface area contributed by atoms with E-state index in [0.717, 1.165) is 45.2 Å². The van der Waals surface area contributed by atoms with E-state index >= 15 is 0 Å². The fraction of sp³-hybridized carbons (Fsp3) is 0.929. The van der Waals surface area contributed by atoms with Crippen LogP contribution in [0.15, 0.2) is 4.99 Å². The van der Waals surface area contributed by atoms with Crippen LogP contribution in [0.5, 0.6) is 0 Å². The van der Waals surface area contributed by atoms with Gasteiger partial charge < -0.3 is 10.2 Å². The Bertz CT molecular complexity index is 242. The first kappa shape index (κ1) is 15.3. The molecule has 0 bridgehead atoms. The summed E-state index contributed by atoms with van der Waals surface area (Å²) in [5, 5.41) is 3.41. The summed E-state index contributed by atoms with van der Waals surface area (Å²) in [5.41, 5.74) is 0. The molecule has 1 atom stereocenters. The van der Waals surface area contributed by atoms with Crippen molar-refractivity contribution < 1.29 is 0 Å². The van der Waals surface area contributed by atoms with Crippen molar-refractivity contribution in [3.05, 3.63) is 0 Å². The summed E-state index contributed by atoms with van der Waals surface area (Å²) in [6.45, 7) is 15.2. The minimum Gasteiger partial charge on any atom is -0.357 e. The number of guanidine groups is 1. The summed E-state index contributed by atoms with van der Waals surface area (Å²) in [6.07, 6.45) is 2.60. The van der Waals surface area contributed by atoms with E-state index in [2.05, 4.69) is 42.8 Å². The van der Waals surface area contributed by atoms with Gasteiger partial charge in [0.15, 0.2) is 5.96 Å². The fourth-order valence-corrected chi connectivity index (χ4v) is 2.54. The van der Waals surface area contributed by atoms with Crippen molar-refractivity contribution in [2.24, 2.45) is 4.99 Å². The smallest absolute Gasteiger partial charge is 0.193 e. The van der Waals surface area contributed by atoms with Gasteiger partial charge in [-0.05, 0) is 39.8 Å². The van der Waals surface area contributed by atoms with E-state index in [0.29, 0.717) is 6.04 Å². The van der Waals surface area contributed by atoms with Crippen LogP contribution in [-0.2, 0) is 0 Å². The highest BCUT2D eigenvalue weighted by Gasteiger charge is 2.16. The van der Waals surface area contributed by atoms with Crippen molar-refractivity contribution in [3.63, 3.8) is 0 Å². The van der Waals surface area contributed by atoms with Crippen LogP contribution in [0.2, 0.25) is 0 Å². The minimum atomic E-state index is 0.524. The summed E-state index contributed by atoms with van der Waals surface area (Å²) in [7, 11) is 0. The van der Waals surface area contributed by atoms with Gasteiger partial charge >= 0.3 is 0 Å². The van der Waals surface area contributed by atoms with Crippen LogP contribution in [0.3, 0.4) is 0 Å². The monoisotopic (exact) mass is 254 g/mol. The normalized spacial score (nSPS) is 18.5. The Labute approximate surface area is 112 Å². The van der Waals surface area contributed by atoms with Crippen molar-refractivity contribution in [3.8, 4) is 0 Å². The van der Waals surface area contributed by atoms with Crippen LogP contribution in [0.1, 0.15) is 40.5 Å². The van der Waals surface area contributed by atoms with E-state index in [1.165, 1.54) is 12.8 Å². The van der Waals surface area contributed by atoms with Gasteiger partial charge in [0.2, 0.25) is 0 Å². The molecule has 1 heterocycles. The molecule has 1 saturated heterocycles. The maximum Gasteiger partial charge on any atom is 0.193 e. The lowest BCUT2D eigenvalue weighted by atomic mass is 10.3. The van der Waals surface area contributed by atoms with Gasteiger partial charge in [-0.2, -0.15) is 0 Å². The Morgan fingerprint density at radius 2 is 1.83 bits per heavy atom. The lowest BCUT2D eigenvalue weighted by molar-refractivity contribution is 0.236. The lowest BCUT2D eigenvalue weighted by Gasteiger charge is -2.26. The van der Waals surface area contributed by atoms with Crippen LogP contribution in [-0.4, -0.2) is 61.1 Å². The Kier molecular flexibility index (Phi) is 7.09. The Morgan fingerprint density at radius 1 is 1.22 bits per heavy atom. The fourth-order valence-electron chi connectivity index (χ4n) is 2.54. The van der Waals surface area contributed by atoms with Crippen molar-refractivity contribution >= 4 is 5.96 Å². The summed E-state index contributed by atoms with van der Waals surface area (Å²) < 4.78 is 0. The number of likely N-dealkylation sites (N-methyl/N-ethyl adjacent to an activating group) is 1. The van der Waals surface area contributed by atoms with E-state index in [1.807, 2.05) is 0 Å². The second-order valence-electron chi connectivity index (χ2n) is 4.96. The third kappa shape index (κ3) is 4.48. The molecule has 1 aliphatic heterocycles. The summed E-state index contributed by atoms with van der Waals surface area (Å²) in [4.78, 5) is 9.64. The van der Waals surface area contributed by atoms with E-state index < -0.39 is 0 Å². The number of rotatable bonds is 6. The molecule has 0 aliphatic carbocycles. The van der Waals surface area contributed by atoms with E-state index in [4.69, 9.17) is 4.99 Å². The maximum absolute atomic E-state index is 4.80. The minimum absolute atomic E-state index is 0.524. The van der Waals surface area contributed by atoms with Gasteiger partial charge in [0.25, 0.3) is 0 Å². The summed E-state index contributed by atoms with van der Waals surface area (Å²) in [5.74, 6) is 1.11. The highest BCUT2D eigenvalue weighted by Crippen LogP contribution is 2.08. The standard InChI is InChI=1S/C14H30N4/c1-5-15-14(18-10-8-9-11-18)16-12-13(4)17(6-2)7-3/h13H,5-12H2,1-4H3,(H,15,16). The van der Waals surface area contributed by atoms with Gasteiger partial charge in [0, 0.05) is 25.7 Å². The van der Waals surface area contributed by atoms with Crippen LogP contribution >= 0.6 is 0 Å². The summed E-state index contributed by atoms with van der Waals surface area (Å²) >= 11 is 0. The zero-order valence-corrected chi connectivity index (χ0v) is 12.6. The number of nitrogens with zero attached hydrogens (tertiary/aromatic N) is 3. The number of nitrogens with one attached hydrogen (secondary N) is 1. The van der Waals surface area contributed by atoms with Crippen molar-refractivity contribution in [1.29, 1.82) is 0 Å². The zero-order valence-electron chi connectivity index (χ0n) is 12.6. The van der Waals surface area contributed by atoms with Gasteiger partial charge in [-0.15, -0.1) is 0 Å². The average molecular weight is 254 g/mol. The van der Waals surface area contributed by atoms with Gasteiger partial charge in [0.05, 0.1) is 6.54 Å². The molecule has 1 rings (SSSR count). The average Bonchev–Trinajstić information content (AvgIpc) is 2.89. The van der Waals surface area contributed by atoms with Crippen LogP contribution < -0.4 is 5.32 Å². The highest BCUT2D eigenvalue weighted by atomic mass is 15.3. The molecule has 1 N–H and O–H groups in total. The molecule has 0 amide bonds. The predicted molar refractivity (Wildman–Crippen MR) is 79.2 cm³/mol. The van der Waals surface area contributed by atoms with Gasteiger partial charge in [-0.1, -0.05) is 13.8 Å². The van der Waals surface area contributed by atoms with Crippen molar-refractivity contribution in [2.75, 3.05) is 39.3 Å². The van der Waals surface area contributed by atoms with Crippen molar-refractivity contribution in [2.45, 2.75) is 46.6 Å². The van der Waals surface area contributed by atoms with Crippen LogP contribution in [0.25, 0.3) is 0 Å². The second kappa shape index (κ2) is 8.35. The Hall–Kier alpha value is -0.770. The largest absolute Gasteiger partial charge is 0.357 e. The second-order valence-corrected chi connectivity index (χ2v) is 4.96. The molecule has 0 aromatic carbocycles. The predicted octanol–water partition coefficient (Wildman–Crippen LogP) is 1.78. The molecular formula is C14H30N4. The quantitative estimate of drug-likeness (QED) is 0.579. The molecule has 0 aromatic heterocycles. The maximum atomic E-state index is 4.80. The molecule has 18 heavy (non-hydrogen) atoms. The molecule has 106 valence electrons. The van der Waals surface area contributed by atoms with E-state index in [1.54, 1.807) is 0 Å². The topological polar surface area (TPSA) is 30.9 Å². The molecular weight excluding hydrogens is 224 g/mol. The highest BCUT2D eigenvalue weighted by molar-refractivity contribution is 5.80. The molecule has 0 aromatic rings. The van der Waals surface area contributed by atoms with E-state index in [9.17, 15) is 0 Å². The van der Waals surface area contributed by atoms with E-state index in [-0.39, 0.29) is 0 Å². The van der Waals surface area contributed by atoms with Gasteiger partial charge in [-0.3, -0.25) is 9.89 Å². The SMILES string of the molecule is CCNC(=NCC(C)N(CC)CC)N1CCCC1. The number of hydrogen-bond donors (Lipinski definition) is 1. The van der Waals surface area contributed by atoms with Gasteiger partial charge in [0.1, 0.15) is 0 Å². The van der Waals surface area contributed by atoms with Crippen LogP contribution in [0, 0.1) is 0 Å². The molecule has 0 spiro atoms. The molecule has 1 fully saturated rings. The molecule has 4 heteroatoms. The first-order valence-corrected chi connectivity index (χ1v) is 7.50. The number of aliphatic imine (C=N–C) groups is 1. The first-order valence-electron chi connectivity index (χ1n) is 7.50. The molecule has 1 unspecified atom stereocenters. The summed E-state index contributed by atoms with van der Waals surface area (Å²) in [6, 6.07) is 0.524. The Balaban J connectivity index is 2.53. The molecule has 0 saturated carbocycles.